The molecule has 3 aromatic rings. The van der Waals surface area contributed by atoms with Gasteiger partial charge in [0.1, 0.15) is 18.6 Å². The molecule has 0 saturated heterocycles. The average molecular weight is 423 g/mol. The maximum absolute atomic E-state index is 5.91. The van der Waals surface area contributed by atoms with Gasteiger partial charge in [-0.15, -0.1) is 0 Å². The Bertz CT molecular complexity index is 970. The van der Waals surface area contributed by atoms with Crippen molar-refractivity contribution < 1.29 is 13.9 Å². The number of nitrogens with one attached hydrogen (secondary N) is 2. The first-order valence-corrected chi connectivity index (χ1v) is 10.4. The highest BCUT2D eigenvalue weighted by Crippen LogP contribution is 2.20. The first-order valence-electron chi connectivity index (χ1n) is 10.4. The molecule has 0 aliphatic heterocycles. The van der Waals surface area contributed by atoms with Crippen molar-refractivity contribution in [3.05, 3.63) is 71.6 Å². The smallest absolute Gasteiger partial charge is 0.226 e. The molecular formula is C24H30N4O3. The number of rotatable bonds is 10. The molecule has 0 radical (unpaired) electrons. The second-order valence-corrected chi connectivity index (χ2v) is 6.95. The predicted octanol–water partition coefficient (Wildman–Crippen LogP) is 3.93. The third-order valence-corrected chi connectivity index (χ3v) is 4.59. The SMILES string of the molecule is CCOCCOc1cc(C)ccc1CNC(=NC)NCc1coc(-c2ccccc2)n1. The number of oxazole rings is 1. The Morgan fingerprint density at radius 1 is 1.06 bits per heavy atom. The monoisotopic (exact) mass is 422 g/mol. The van der Waals surface area contributed by atoms with Crippen LogP contribution in [0.1, 0.15) is 23.7 Å². The molecule has 0 spiro atoms. The van der Waals surface area contributed by atoms with Crippen molar-refractivity contribution >= 4 is 5.96 Å². The summed E-state index contributed by atoms with van der Waals surface area (Å²) in [6.07, 6.45) is 1.66. The Balaban J connectivity index is 1.53. The van der Waals surface area contributed by atoms with Gasteiger partial charge in [0.25, 0.3) is 0 Å². The van der Waals surface area contributed by atoms with Gasteiger partial charge in [-0.3, -0.25) is 4.99 Å². The number of aryl methyl sites for hydroxylation is 1. The van der Waals surface area contributed by atoms with Gasteiger partial charge in [-0.05, 0) is 37.6 Å². The van der Waals surface area contributed by atoms with Crippen LogP contribution in [0.25, 0.3) is 11.5 Å². The first-order chi connectivity index (χ1) is 15.2. The highest BCUT2D eigenvalue weighted by atomic mass is 16.5. The fraction of sp³-hybridized carbons (Fsp3) is 0.333. The van der Waals surface area contributed by atoms with E-state index in [-0.39, 0.29) is 0 Å². The van der Waals surface area contributed by atoms with Gasteiger partial charge in [0.15, 0.2) is 5.96 Å². The summed E-state index contributed by atoms with van der Waals surface area (Å²) in [6.45, 7) is 6.89. The third-order valence-electron chi connectivity index (χ3n) is 4.59. The minimum absolute atomic E-state index is 0.502. The van der Waals surface area contributed by atoms with Gasteiger partial charge in [-0.1, -0.05) is 30.3 Å². The molecular weight excluding hydrogens is 392 g/mol. The second kappa shape index (κ2) is 11.8. The first kappa shape index (κ1) is 22.4. The topological polar surface area (TPSA) is 80.9 Å². The Kier molecular flexibility index (Phi) is 8.48. The summed E-state index contributed by atoms with van der Waals surface area (Å²) >= 11 is 0. The summed E-state index contributed by atoms with van der Waals surface area (Å²) in [5.41, 5.74) is 3.96. The summed E-state index contributed by atoms with van der Waals surface area (Å²) < 4.78 is 16.9. The highest BCUT2D eigenvalue weighted by molar-refractivity contribution is 5.79. The molecule has 0 saturated carbocycles. The van der Waals surface area contributed by atoms with E-state index in [9.17, 15) is 0 Å². The molecule has 1 heterocycles. The van der Waals surface area contributed by atoms with Crippen molar-refractivity contribution in [2.24, 2.45) is 4.99 Å². The number of aliphatic imine (C=N–C) groups is 1. The number of ether oxygens (including phenoxy) is 2. The highest BCUT2D eigenvalue weighted by Gasteiger charge is 2.09. The molecule has 0 atom stereocenters. The van der Waals surface area contributed by atoms with Crippen molar-refractivity contribution in [2.45, 2.75) is 26.9 Å². The van der Waals surface area contributed by atoms with Crippen LogP contribution in [0.5, 0.6) is 5.75 Å². The van der Waals surface area contributed by atoms with Crippen LogP contribution in [0.15, 0.2) is 64.2 Å². The van der Waals surface area contributed by atoms with Crippen LogP contribution in [0.2, 0.25) is 0 Å². The number of benzene rings is 2. The standard InChI is InChI=1S/C24H30N4O3/c1-4-29-12-13-30-22-14-18(2)10-11-20(22)15-26-24(25-3)27-16-21-17-31-23(28-21)19-8-6-5-7-9-19/h5-11,14,17H,4,12-13,15-16H2,1-3H3,(H2,25,26,27). The average Bonchev–Trinajstić information content (AvgIpc) is 3.27. The maximum Gasteiger partial charge on any atom is 0.226 e. The molecule has 0 aliphatic carbocycles. The second-order valence-electron chi connectivity index (χ2n) is 6.95. The molecule has 0 fully saturated rings. The quantitative estimate of drug-likeness (QED) is 0.293. The van der Waals surface area contributed by atoms with E-state index >= 15 is 0 Å². The Labute approximate surface area is 183 Å². The molecule has 3 rings (SSSR count). The van der Waals surface area contributed by atoms with Crippen molar-refractivity contribution in [1.29, 1.82) is 0 Å². The van der Waals surface area contributed by atoms with Gasteiger partial charge in [0, 0.05) is 31.3 Å². The number of aromatic nitrogens is 1. The van der Waals surface area contributed by atoms with E-state index in [1.54, 1.807) is 13.3 Å². The lowest BCUT2D eigenvalue weighted by Crippen LogP contribution is -2.36. The lowest BCUT2D eigenvalue weighted by molar-refractivity contribution is 0.110. The summed E-state index contributed by atoms with van der Waals surface area (Å²) in [7, 11) is 1.74. The molecule has 2 aromatic carbocycles. The van der Waals surface area contributed by atoms with Crippen LogP contribution < -0.4 is 15.4 Å². The molecule has 0 bridgehead atoms. The van der Waals surface area contributed by atoms with Gasteiger partial charge in [-0.2, -0.15) is 0 Å². The normalized spacial score (nSPS) is 11.4. The number of hydrogen-bond acceptors (Lipinski definition) is 5. The molecule has 31 heavy (non-hydrogen) atoms. The van der Waals surface area contributed by atoms with Gasteiger partial charge in [-0.25, -0.2) is 4.98 Å². The van der Waals surface area contributed by atoms with Gasteiger partial charge < -0.3 is 24.5 Å². The molecule has 7 nitrogen and oxygen atoms in total. The van der Waals surface area contributed by atoms with E-state index < -0.39 is 0 Å². The van der Waals surface area contributed by atoms with E-state index in [0.717, 1.165) is 28.1 Å². The van der Waals surface area contributed by atoms with Crippen LogP contribution in [0, 0.1) is 6.92 Å². The summed E-state index contributed by atoms with van der Waals surface area (Å²) in [6, 6.07) is 16.0. The molecule has 0 aliphatic rings. The molecule has 0 amide bonds. The Hall–Kier alpha value is -3.32. The molecule has 0 unspecified atom stereocenters. The minimum Gasteiger partial charge on any atom is -0.491 e. The van der Waals surface area contributed by atoms with Crippen LogP contribution in [-0.2, 0) is 17.8 Å². The van der Waals surface area contributed by atoms with Crippen molar-refractivity contribution in [1.82, 2.24) is 15.6 Å². The van der Waals surface area contributed by atoms with Crippen LogP contribution in [0.4, 0.5) is 0 Å². The molecule has 1 aromatic heterocycles. The van der Waals surface area contributed by atoms with E-state index in [1.807, 2.05) is 43.3 Å². The number of hydrogen-bond donors (Lipinski definition) is 2. The Morgan fingerprint density at radius 2 is 1.87 bits per heavy atom. The summed E-state index contributed by atoms with van der Waals surface area (Å²) in [4.78, 5) is 8.83. The van der Waals surface area contributed by atoms with Crippen LogP contribution >= 0.6 is 0 Å². The maximum atomic E-state index is 5.91. The molecule has 164 valence electrons. The van der Waals surface area contributed by atoms with Gasteiger partial charge in [0.2, 0.25) is 5.89 Å². The summed E-state index contributed by atoms with van der Waals surface area (Å²) in [5, 5.41) is 6.59. The molecule has 7 heteroatoms. The van der Waals surface area contributed by atoms with Crippen molar-refractivity contribution in [3.8, 4) is 17.2 Å². The predicted molar refractivity (Wildman–Crippen MR) is 122 cm³/mol. The van der Waals surface area contributed by atoms with Gasteiger partial charge in [0.05, 0.1) is 18.8 Å². The van der Waals surface area contributed by atoms with E-state index in [4.69, 9.17) is 13.9 Å². The fourth-order valence-electron chi connectivity index (χ4n) is 2.97. The minimum atomic E-state index is 0.502. The zero-order valence-electron chi connectivity index (χ0n) is 18.4. The molecule has 2 N–H and O–H groups in total. The van der Waals surface area contributed by atoms with Crippen molar-refractivity contribution in [3.63, 3.8) is 0 Å². The van der Waals surface area contributed by atoms with Crippen LogP contribution in [0.3, 0.4) is 0 Å². The third kappa shape index (κ3) is 6.86. The number of nitrogens with zero attached hydrogens (tertiary/aromatic N) is 2. The summed E-state index contributed by atoms with van der Waals surface area (Å²) in [5.74, 6) is 2.13. The largest absolute Gasteiger partial charge is 0.491 e. The Morgan fingerprint density at radius 3 is 2.65 bits per heavy atom. The van der Waals surface area contributed by atoms with Crippen molar-refractivity contribution in [2.75, 3.05) is 26.9 Å². The van der Waals surface area contributed by atoms with E-state index in [0.29, 0.717) is 44.8 Å². The zero-order chi connectivity index (χ0) is 21.9. The van der Waals surface area contributed by atoms with E-state index in [2.05, 4.69) is 39.7 Å². The lowest BCUT2D eigenvalue weighted by Gasteiger charge is -2.15. The van der Waals surface area contributed by atoms with Gasteiger partial charge >= 0.3 is 0 Å². The fourth-order valence-corrected chi connectivity index (χ4v) is 2.97. The zero-order valence-corrected chi connectivity index (χ0v) is 18.4. The van der Waals surface area contributed by atoms with Crippen LogP contribution in [-0.4, -0.2) is 37.8 Å². The number of guanidine groups is 1. The van der Waals surface area contributed by atoms with E-state index in [1.165, 1.54) is 0 Å². The lowest BCUT2D eigenvalue weighted by atomic mass is 10.1.